The number of primary sulfonamides is 1. The van der Waals surface area contributed by atoms with Crippen LogP contribution in [0.4, 0.5) is 0 Å². The maximum absolute atomic E-state index is 11.7. The fourth-order valence-corrected chi connectivity index (χ4v) is 3.34. The van der Waals surface area contributed by atoms with E-state index in [1.807, 2.05) is 0 Å². The minimum atomic E-state index is -3.76. The van der Waals surface area contributed by atoms with Gasteiger partial charge in [-0.1, -0.05) is 0 Å². The smallest absolute Gasteiger partial charge is 0.339 e. The number of ether oxygens (including phenoxy) is 2. The van der Waals surface area contributed by atoms with Crippen molar-refractivity contribution < 1.29 is 22.7 Å². The molecule has 1 atom stereocenters. The summed E-state index contributed by atoms with van der Waals surface area (Å²) in [5, 5.41) is 6.39. The highest BCUT2D eigenvalue weighted by Crippen LogP contribution is 2.20. The Morgan fingerprint density at radius 2 is 2.32 bits per heavy atom. The molecule has 2 rings (SSSR count). The molecule has 0 spiro atoms. The molecule has 0 aliphatic carbocycles. The van der Waals surface area contributed by atoms with Crippen molar-refractivity contribution in [1.29, 1.82) is 0 Å². The molecule has 106 valence electrons. The van der Waals surface area contributed by atoms with Gasteiger partial charge < -0.3 is 9.47 Å². The Morgan fingerprint density at radius 1 is 1.53 bits per heavy atom. The lowest BCUT2D eigenvalue weighted by molar-refractivity contribution is -0.0300. The molecule has 8 heteroatoms. The Hall–Kier alpha value is -0.960. The summed E-state index contributed by atoms with van der Waals surface area (Å²) >= 11 is 0.901. The van der Waals surface area contributed by atoms with Crippen LogP contribution in [0.15, 0.2) is 15.7 Å². The van der Waals surface area contributed by atoms with Crippen LogP contribution < -0.4 is 5.14 Å². The van der Waals surface area contributed by atoms with Crippen LogP contribution in [0.5, 0.6) is 0 Å². The Labute approximate surface area is 115 Å². The standard InChI is InChI=1S/C11H15NO5S2/c12-19(14,15)10-5-8(7-18-10)11(13)17-6-9-3-1-2-4-16-9/h5,7,9H,1-4,6H2,(H2,12,14,15). The van der Waals surface area contributed by atoms with Crippen LogP contribution in [0.2, 0.25) is 0 Å². The minimum absolute atomic E-state index is 0.0478. The van der Waals surface area contributed by atoms with E-state index < -0.39 is 16.0 Å². The van der Waals surface area contributed by atoms with Crippen molar-refractivity contribution in [1.82, 2.24) is 0 Å². The van der Waals surface area contributed by atoms with Crippen molar-refractivity contribution in [3.05, 3.63) is 17.0 Å². The van der Waals surface area contributed by atoms with Crippen LogP contribution in [0.25, 0.3) is 0 Å². The molecule has 1 saturated heterocycles. The Bertz CT molecular complexity index is 545. The Kier molecular flexibility index (Phi) is 4.56. The molecule has 0 radical (unpaired) electrons. The lowest BCUT2D eigenvalue weighted by Crippen LogP contribution is -2.25. The average Bonchev–Trinajstić information content (AvgIpc) is 2.87. The molecule has 1 aromatic heterocycles. The van der Waals surface area contributed by atoms with Gasteiger partial charge >= 0.3 is 5.97 Å². The number of thiophene rings is 1. The SMILES string of the molecule is NS(=O)(=O)c1cc(C(=O)OCC2CCCCO2)cs1. The monoisotopic (exact) mass is 305 g/mol. The first-order chi connectivity index (χ1) is 8.97. The first-order valence-corrected chi connectivity index (χ1v) is 8.29. The zero-order valence-corrected chi connectivity index (χ0v) is 11.8. The zero-order valence-electron chi connectivity index (χ0n) is 10.2. The van der Waals surface area contributed by atoms with Gasteiger partial charge in [-0.25, -0.2) is 18.4 Å². The number of carbonyl (C=O) groups is 1. The highest BCUT2D eigenvalue weighted by molar-refractivity contribution is 7.91. The minimum Gasteiger partial charge on any atom is -0.459 e. The van der Waals surface area contributed by atoms with Gasteiger partial charge in [-0.2, -0.15) is 0 Å². The summed E-state index contributed by atoms with van der Waals surface area (Å²) in [5.41, 5.74) is 0.199. The fraction of sp³-hybridized carbons (Fsp3) is 0.545. The summed E-state index contributed by atoms with van der Waals surface area (Å²) in [6.45, 7) is 0.885. The molecule has 6 nitrogen and oxygen atoms in total. The summed E-state index contributed by atoms with van der Waals surface area (Å²) in [7, 11) is -3.76. The van der Waals surface area contributed by atoms with Gasteiger partial charge in [0.1, 0.15) is 10.8 Å². The molecule has 2 heterocycles. The van der Waals surface area contributed by atoms with Gasteiger partial charge in [0, 0.05) is 12.0 Å². The van der Waals surface area contributed by atoms with Gasteiger partial charge in [-0.05, 0) is 25.3 Å². The van der Waals surface area contributed by atoms with Gasteiger partial charge in [-0.15, -0.1) is 11.3 Å². The number of esters is 1. The van der Waals surface area contributed by atoms with Crippen LogP contribution in [0.1, 0.15) is 29.6 Å². The van der Waals surface area contributed by atoms with Gasteiger partial charge in [0.2, 0.25) is 10.0 Å². The summed E-state index contributed by atoms with van der Waals surface area (Å²) in [5.74, 6) is -0.555. The highest BCUT2D eigenvalue weighted by atomic mass is 32.2. The van der Waals surface area contributed by atoms with Crippen molar-refractivity contribution in [2.75, 3.05) is 13.2 Å². The maximum Gasteiger partial charge on any atom is 0.339 e. The zero-order chi connectivity index (χ0) is 13.9. The normalized spacial score (nSPS) is 20.2. The van der Waals surface area contributed by atoms with Crippen molar-refractivity contribution >= 4 is 27.3 Å². The van der Waals surface area contributed by atoms with E-state index in [9.17, 15) is 13.2 Å². The van der Waals surface area contributed by atoms with Crippen LogP contribution in [-0.2, 0) is 19.5 Å². The first kappa shape index (κ1) is 14.4. The lowest BCUT2D eigenvalue weighted by Gasteiger charge is -2.21. The van der Waals surface area contributed by atoms with E-state index >= 15 is 0 Å². The molecule has 1 aliphatic heterocycles. The molecule has 0 saturated carbocycles. The predicted molar refractivity (Wildman–Crippen MR) is 69.6 cm³/mol. The average molecular weight is 305 g/mol. The van der Waals surface area contributed by atoms with Gasteiger partial charge in [0.05, 0.1) is 11.7 Å². The third kappa shape index (κ3) is 4.00. The molecule has 1 fully saturated rings. The summed E-state index contributed by atoms with van der Waals surface area (Å²) < 4.78 is 32.7. The highest BCUT2D eigenvalue weighted by Gasteiger charge is 2.19. The van der Waals surface area contributed by atoms with Crippen molar-refractivity contribution in [2.24, 2.45) is 5.14 Å². The molecule has 1 aromatic rings. The van der Waals surface area contributed by atoms with Gasteiger partial charge in [0.15, 0.2) is 0 Å². The van der Waals surface area contributed by atoms with Crippen LogP contribution >= 0.6 is 11.3 Å². The number of hydrogen-bond donors (Lipinski definition) is 1. The van der Waals surface area contributed by atoms with Crippen molar-refractivity contribution in [2.45, 2.75) is 29.6 Å². The predicted octanol–water partition coefficient (Wildman–Crippen LogP) is 1.12. The number of sulfonamides is 1. The summed E-state index contributed by atoms with van der Waals surface area (Å²) in [6.07, 6.45) is 2.91. The summed E-state index contributed by atoms with van der Waals surface area (Å²) in [4.78, 5) is 11.7. The number of hydrogen-bond acceptors (Lipinski definition) is 6. The lowest BCUT2D eigenvalue weighted by atomic mass is 10.1. The van der Waals surface area contributed by atoms with E-state index in [-0.39, 0.29) is 22.5 Å². The molecule has 0 amide bonds. The van der Waals surface area contributed by atoms with E-state index in [1.165, 1.54) is 11.4 Å². The molecule has 0 bridgehead atoms. The van der Waals surface area contributed by atoms with Crippen LogP contribution in [-0.4, -0.2) is 33.7 Å². The molecule has 1 aliphatic rings. The molecule has 1 unspecified atom stereocenters. The van der Waals surface area contributed by atoms with Crippen LogP contribution in [0, 0.1) is 0 Å². The second-order valence-corrected chi connectivity index (χ2v) is 6.99. The van der Waals surface area contributed by atoms with E-state index in [0.717, 1.165) is 30.6 Å². The molecule has 2 N–H and O–H groups in total. The van der Waals surface area contributed by atoms with E-state index in [2.05, 4.69) is 0 Å². The molecular formula is C11H15NO5S2. The van der Waals surface area contributed by atoms with Crippen molar-refractivity contribution in [3.8, 4) is 0 Å². The van der Waals surface area contributed by atoms with E-state index in [1.54, 1.807) is 0 Å². The third-order valence-corrected chi connectivity index (χ3v) is 5.15. The summed E-state index contributed by atoms with van der Waals surface area (Å²) in [6, 6.07) is 1.23. The van der Waals surface area contributed by atoms with Crippen molar-refractivity contribution in [3.63, 3.8) is 0 Å². The quantitative estimate of drug-likeness (QED) is 0.841. The second kappa shape index (κ2) is 6.00. The third-order valence-electron chi connectivity index (χ3n) is 2.77. The Morgan fingerprint density at radius 3 is 2.89 bits per heavy atom. The van der Waals surface area contributed by atoms with E-state index in [4.69, 9.17) is 14.6 Å². The number of carbonyl (C=O) groups excluding carboxylic acids is 1. The molecule has 19 heavy (non-hydrogen) atoms. The van der Waals surface area contributed by atoms with Gasteiger partial charge in [0.25, 0.3) is 0 Å². The van der Waals surface area contributed by atoms with Crippen LogP contribution in [0.3, 0.4) is 0 Å². The molecule has 0 aromatic carbocycles. The number of nitrogens with two attached hydrogens (primary N) is 1. The Balaban J connectivity index is 1.91. The van der Waals surface area contributed by atoms with Gasteiger partial charge in [-0.3, -0.25) is 0 Å². The topological polar surface area (TPSA) is 95.7 Å². The second-order valence-electron chi connectivity index (χ2n) is 4.29. The fourth-order valence-electron chi connectivity index (χ4n) is 1.76. The molecular weight excluding hydrogens is 290 g/mol. The maximum atomic E-state index is 11.7. The largest absolute Gasteiger partial charge is 0.459 e. The number of rotatable bonds is 4. The van der Waals surface area contributed by atoms with E-state index in [0.29, 0.717) is 6.61 Å². The first-order valence-electron chi connectivity index (χ1n) is 5.87.